The van der Waals surface area contributed by atoms with Crippen molar-refractivity contribution < 1.29 is 14.7 Å². The van der Waals surface area contributed by atoms with E-state index in [0.717, 1.165) is 16.1 Å². The van der Waals surface area contributed by atoms with Gasteiger partial charge < -0.3 is 10.4 Å². The SMILES string of the molecule is Cc1sc(NC(=O)CN2CCC(C)(C(=O)O)C2)nc1-c1ccc(Cl)cc1. The summed E-state index contributed by atoms with van der Waals surface area (Å²) in [6.07, 6.45) is 0.548. The van der Waals surface area contributed by atoms with E-state index in [9.17, 15) is 14.7 Å². The standard InChI is InChI=1S/C18H20ClN3O3S/c1-11-15(12-3-5-13(19)6-4-12)21-17(26-11)20-14(23)9-22-8-7-18(2,10-22)16(24)25/h3-6H,7-10H2,1-2H3,(H,24,25)(H,20,21,23). The zero-order valence-corrected chi connectivity index (χ0v) is 16.2. The van der Waals surface area contributed by atoms with Crippen LogP contribution in [0, 0.1) is 12.3 Å². The summed E-state index contributed by atoms with van der Waals surface area (Å²) in [6, 6.07) is 7.40. The fourth-order valence-corrected chi connectivity index (χ4v) is 4.03. The third-order valence-electron chi connectivity index (χ3n) is 4.60. The monoisotopic (exact) mass is 393 g/mol. The number of halogens is 1. The van der Waals surface area contributed by atoms with E-state index in [-0.39, 0.29) is 12.5 Å². The molecule has 1 aliphatic rings. The van der Waals surface area contributed by atoms with Crippen LogP contribution in [0.1, 0.15) is 18.2 Å². The molecule has 0 aliphatic carbocycles. The number of hydrogen-bond donors (Lipinski definition) is 2. The summed E-state index contributed by atoms with van der Waals surface area (Å²) in [7, 11) is 0. The highest BCUT2D eigenvalue weighted by molar-refractivity contribution is 7.16. The summed E-state index contributed by atoms with van der Waals surface area (Å²) in [5, 5.41) is 13.3. The van der Waals surface area contributed by atoms with Crippen LogP contribution >= 0.6 is 22.9 Å². The number of likely N-dealkylation sites (tertiary alicyclic amines) is 1. The fraction of sp³-hybridized carbons (Fsp3) is 0.389. The number of aromatic nitrogens is 1. The van der Waals surface area contributed by atoms with Crippen LogP contribution in [0.2, 0.25) is 5.02 Å². The minimum atomic E-state index is -0.816. The van der Waals surface area contributed by atoms with Gasteiger partial charge in [0.05, 0.1) is 17.7 Å². The molecule has 1 amide bonds. The molecule has 1 saturated heterocycles. The molecule has 1 atom stereocenters. The van der Waals surface area contributed by atoms with E-state index in [4.69, 9.17) is 11.6 Å². The number of benzene rings is 1. The molecule has 26 heavy (non-hydrogen) atoms. The molecule has 0 saturated carbocycles. The molecule has 1 unspecified atom stereocenters. The van der Waals surface area contributed by atoms with Gasteiger partial charge in [-0.1, -0.05) is 23.7 Å². The van der Waals surface area contributed by atoms with Gasteiger partial charge in [0.25, 0.3) is 0 Å². The van der Waals surface area contributed by atoms with Gasteiger partial charge in [-0.3, -0.25) is 14.5 Å². The van der Waals surface area contributed by atoms with Crippen LogP contribution < -0.4 is 5.32 Å². The Morgan fingerprint density at radius 1 is 1.38 bits per heavy atom. The molecule has 8 heteroatoms. The lowest BCUT2D eigenvalue weighted by Crippen LogP contribution is -2.35. The molecule has 2 aromatic rings. The van der Waals surface area contributed by atoms with Crippen molar-refractivity contribution in [3.05, 3.63) is 34.2 Å². The molecule has 6 nitrogen and oxygen atoms in total. The van der Waals surface area contributed by atoms with Gasteiger partial charge in [0.1, 0.15) is 0 Å². The quantitative estimate of drug-likeness (QED) is 0.812. The number of carbonyl (C=O) groups excluding carboxylic acids is 1. The Kier molecular flexibility index (Phi) is 5.32. The second kappa shape index (κ2) is 7.34. The molecule has 1 fully saturated rings. The minimum Gasteiger partial charge on any atom is -0.481 e. The summed E-state index contributed by atoms with van der Waals surface area (Å²) >= 11 is 7.33. The van der Waals surface area contributed by atoms with Crippen molar-refractivity contribution in [2.24, 2.45) is 5.41 Å². The first kappa shape index (κ1) is 18.8. The summed E-state index contributed by atoms with van der Waals surface area (Å²) in [6.45, 7) is 4.81. The number of aliphatic carboxylic acids is 1. The van der Waals surface area contributed by atoms with E-state index in [1.165, 1.54) is 11.3 Å². The zero-order valence-electron chi connectivity index (χ0n) is 14.6. The van der Waals surface area contributed by atoms with Crippen LogP contribution in [-0.2, 0) is 9.59 Å². The Balaban J connectivity index is 1.63. The zero-order chi connectivity index (χ0) is 18.9. The van der Waals surface area contributed by atoms with E-state index in [1.807, 2.05) is 24.0 Å². The van der Waals surface area contributed by atoms with Crippen LogP contribution in [0.25, 0.3) is 11.3 Å². The van der Waals surface area contributed by atoms with E-state index in [2.05, 4.69) is 10.3 Å². The van der Waals surface area contributed by atoms with Crippen LogP contribution in [0.4, 0.5) is 5.13 Å². The number of carboxylic acid groups (broad SMARTS) is 1. The third kappa shape index (κ3) is 4.06. The lowest BCUT2D eigenvalue weighted by Gasteiger charge is -2.19. The van der Waals surface area contributed by atoms with Gasteiger partial charge in [-0.15, -0.1) is 11.3 Å². The molecule has 2 N–H and O–H groups in total. The molecule has 0 bridgehead atoms. The molecular formula is C18H20ClN3O3S. The Hall–Kier alpha value is -1.96. The number of rotatable bonds is 5. The van der Waals surface area contributed by atoms with E-state index >= 15 is 0 Å². The second-order valence-corrected chi connectivity index (χ2v) is 8.44. The molecule has 0 radical (unpaired) electrons. The number of anilines is 1. The van der Waals surface area contributed by atoms with Crippen molar-refractivity contribution in [2.75, 3.05) is 25.0 Å². The van der Waals surface area contributed by atoms with Crippen molar-refractivity contribution in [3.8, 4) is 11.3 Å². The van der Waals surface area contributed by atoms with Crippen LogP contribution in [0.15, 0.2) is 24.3 Å². The van der Waals surface area contributed by atoms with E-state index < -0.39 is 11.4 Å². The Bertz CT molecular complexity index is 837. The maximum Gasteiger partial charge on any atom is 0.310 e. The molecule has 1 aliphatic heterocycles. The highest BCUT2D eigenvalue weighted by Gasteiger charge is 2.40. The average molecular weight is 394 g/mol. The Morgan fingerprint density at radius 3 is 2.69 bits per heavy atom. The minimum absolute atomic E-state index is 0.164. The second-order valence-electron chi connectivity index (χ2n) is 6.81. The van der Waals surface area contributed by atoms with E-state index in [1.54, 1.807) is 19.1 Å². The van der Waals surface area contributed by atoms with Crippen LogP contribution in [0.3, 0.4) is 0 Å². The van der Waals surface area contributed by atoms with Gasteiger partial charge in [-0.05, 0) is 38.9 Å². The number of nitrogens with one attached hydrogen (secondary N) is 1. The first-order valence-corrected chi connectivity index (χ1v) is 9.45. The smallest absolute Gasteiger partial charge is 0.310 e. The molecule has 1 aromatic carbocycles. The van der Waals surface area contributed by atoms with Gasteiger partial charge in [-0.25, -0.2) is 4.98 Å². The molecule has 1 aromatic heterocycles. The topological polar surface area (TPSA) is 82.5 Å². The lowest BCUT2D eigenvalue weighted by atomic mass is 9.90. The van der Waals surface area contributed by atoms with Gasteiger partial charge in [0, 0.05) is 22.0 Å². The van der Waals surface area contributed by atoms with Crippen molar-refractivity contribution in [3.63, 3.8) is 0 Å². The Morgan fingerprint density at radius 2 is 2.08 bits per heavy atom. The molecule has 138 valence electrons. The number of nitrogens with zero attached hydrogens (tertiary/aromatic N) is 2. The average Bonchev–Trinajstić information content (AvgIpc) is 3.12. The number of amides is 1. The maximum absolute atomic E-state index is 12.3. The third-order valence-corrected chi connectivity index (χ3v) is 5.73. The number of thiazole rings is 1. The summed E-state index contributed by atoms with van der Waals surface area (Å²) < 4.78 is 0. The fourth-order valence-electron chi connectivity index (χ4n) is 3.05. The maximum atomic E-state index is 12.3. The van der Waals surface area contributed by atoms with Gasteiger partial charge >= 0.3 is 5.97 Å². The van der Waals surface area contributed by atoms with Gasteiger partial charge in [0.2, 0.25) is 5.91 Å². The molecule has 3 rings (SSSR count). The highest BCUT2D eigenvalue weighted by Crippen LogP contribution is 2.32. The number of carboxylic acids is 1. The lowest BCUT2D eigenvalue weighted by molar-refractivity contribution is -0.147. The number of aryl methyl sites for hydroxylation is 1. The van der Waals surface area contributed by atoms with Gasteiger partial charge in [0.15, 0.2) is 5.13 Å². The predicted molar refractivity (Wildman–Crippen MR) is 103 cm³/mol. The Labute approximate surface area is 160 Å². The summed E-state index contributed by atoms with van der Waals surface area (Å²) in [5.41, 5.74) is 0.988. The van der Waals surface area contributed by atoms with Crippen molar-refractivity contribution in [1.82, 2.24) is 9.88 Å². The number of carbonyl (C=O) groups is 2. The normalized spacial score (nSPS) is 20.3. The van der Waals surface area contributed by atoms with E-state index in [0.29, 0.717) is 29.7 Å². The highest BCUT2D eigenvalue weighted by atomic mass is 35.5. The van der Waals surface area contributed by atoms with Crippen molar-refractivity contribution in [2.45, 2.75) is 20.3 Å². The first-order valence-electron chi connectivity index (χ1n) is 8.26. The van der Waals surface area contributed by atoms with Crippen LogP contribution in [-0.4, -0.2) is 46.5 Å². The van der Waals surface area contributed by atoms with Gasteiger partial charge in [-0.2, -0.15) is 0 Å². The largest absolute Gasteiger partial charge is 0.481 e. The summed E-state index contributed by atoms with van der Waals surface area (Å²) in [5.74, 6) is -1.00. The number of hydrogen-bond acceptors (Lipinski definition) is 5. The summed E-state index contributed by atoms with van der Waals surface area (Å²) in [4.78, 5) is 31.0. The van der Waals surface area contributed by atoms with Crippen molar-refractivity contribution in [1.29, 1.82) is 0 Å². The molecular weight excluding hydrogens is 374 g/mol. The molecule has 0 spiro atoms. The molecule has 2 heterocycles. The van der Waals surface area contributed by atoms with Crippen molar-refractivity contribution >= 4 is 39.9 Å². The first-order chi connectivity index (χ1) is 12.3. The predicted octanol–water partition coefficient (Wildman–Crippen LogP) is 3.51. The van der Waals surface area contributed by atoms with Crippen LogP contribution in [0.5, 0.6) is 0 Å².